The number of halogens is 1. The van der Waals surface area contributed by atoms with Crippen LogP contribution in [-0.2, 0) is 9.53 Å². The number of morpholine rings is 1. The summed E-state index contributed by atoms with van der Waals surface area (Å²) in [7, 11) is 0. The van der Waals surface area contributed by atoms with Crippen LogP contribution in [0.1, 0.15) is 0 Å². The van der Waals surface area contributed by atoms with Gasteiger partial charge in [-0.15, -0.1) is 0 Å². The van der Waals surface area contributed by atoms with Crippen molar-refractivity contribution >= 4 is 28.8 Å². The summed E-state index contributed by atoms with van der Waals surface area (Å²) in [6.45, 7) is 7.56. The first kappa shape index (κ1) is 12.5. The fraction of sp³-hybridized carbons (Fsp3) is 0.900. The smallest absolute Gasteiger partial charge is 0.236 e. The van der Waals surface area contributed by atoms with Crippen LogP contribution >= 0.6 is 22.9 Å². The number of carbonyl (C=O) groups is 1. The van der Waals surface area contributed by atoms with Gasteiger partial charge in [-0.05, 0) is 0 Å². The molecule has 0 aliphatic carbocycles. The molecule has 5 nitrogen and oxygen atoms in total. The molecular weight excluding hydrogens is 321 g/mol. The quantitative estimate of drug-likeness (QED) is 0.516. The van der Waals surface area contributed by atoms with E-state index in [4.69, 9.17) is 4.74 Å². The second kappa shape index (κ2) is 6.13. The molecule has 0 aromatic heterocycles. The van der Waals surface area contributed by atoms with E-state index in [1.54, 1.807) is 0 Å². The Hall–Kier alpha value is 0.0800. The van der Waals surface area contributed by atoms with Gasteiger partial charge in [0.15, 0.2) is 0 Å². The molecule has 6 heteroatoms. The van der Waals surface area contributed by atoms with Crippen LogP contribution in [0.15, 0.2) is 0 Å². The maximum atomic E-state index is 12.0. The van der Waals surface area contributed by atoms with Crippen molar-refractivity contribution in [3.8, 4) is 0 Å². The topological polar surface area (TPSA) is 36.0 Å². The Bertz CT molecular complexity index is 238. The summed E-state index contributed by atoms with van der Waals surface area (Å²) in [4.78, 5) is 16.1. The molecule has 2 aliphatic rings. The maximum Gasteiger partial charge on any atom is 0.236 e. The molecule has 2 aliphatic heterocycles. The highest BCUT2D eigenvalue weighted by Gasteiger charge is 2.21. The molecule has 2 saturated heterocycles. The highest BCUT2D eigenvalue weighted by atomic mass is 127. The molecule has 0 saturated carbocycles. The molecule has 0 unspecified atom stereocenters. The van der Waals surface area contributed by atoms with E-state index in [0.717, 1.165) is 39.3 Å². The van der Waals surface area contributed by atoms with Gasteiger partial charge in [0.2, 0.25) is 5.91 Å². The van der Waals surface area contributed by atoms with Gasteiger partial charge in [-0.25, -0.2) is 3.11 Å². The zero-order valence-electron chi connectivity index (χ0n) is 9.40. The number of nitrogens with zero attached hydrogens (tertiary/aromatic N) is 3. The van der Waals surface area contributed by atoms with Crippen molar-refractivity contribution in [1.29, 1.82) is 0 Å². The standard InChI is InChI=1S/C10H18IN3O2/c11-14-3-1-12(2-4-14)9-10(15)13-5-7-16-8-6-13/h1-9H2. The lowest BCUT2D eigenvalue weighted by Gasteiger charge is -2.33. The Morgan fingerprint density at radius 3 is 2.31 bits per heavy atom. The SMILES string of the molecule is O=C(CN1CCN(I)CC1)N1CCOCC1. The van der Waals surface area contributed by atoms with E-state index in [-0.39, 0.29) is 5.91 Å². The maximum absolute atomic E-state index is 12.0. The summed E-state index contributed by atoms with van der Waals surface area (Å²) in [5, 5.41) is 0. The molecule has 2 heterocycles. The Morgan fingerprint density at radius 2 is 1.69 bits per heavy atom. The molecule has 0 aromatic rings. The van der Waals surface area contributed by atoms with Gasteiger partial charge in [0.1, 0.15) is 0 Å². The van der Waals surface area contributed by atoms with Crippen LogP contribution in [0, 0.1) is 0 Å². The van der Waals surface area contributed by atoms with Gasteiger partial charge in [-0.1, -0.05) is 0 Å². The Labute approximate surface area is 110 Å². The van der Waals surface area contributed by atoms with Crippen molar-refractivity contribution in [2.24, 2.45) is 0 Å². The molecule has 0 N–H and O–H groups in total. The molecular formula is C10H18IN3O2. The number of hydrogen-bond acceptors (Lipinski definition) is 4. The van der Waals surface area contributed by atoms with Gasteiger partial charge in [0.25, 0.3) is 0 Å². The van der Waals surface area contributed by atoms with Crippen LogP contribution in [0.3, 0.4) is 0 Å². The average Bonchev–Trinajstić information content (AvgIpc) is 2.33. The second-order valence-electron chi connectivity index (χ2n) is 4.18. The zero-order chi connectivity index (χ0) is 11.4. The second-order valence-corrected chi connectivity index (χ2v) is 5.54. The number of hydrogen-bond donors (Lipinski definition) is 0. The fourth-order valence-corrected chi connectivity index (χ4v) is 2.42. The normalized spacial score (nSPS) is 24.7. The van der Waals surface area contributed by atoms with Gasteiger partial charge in [-0.2, -0.15) is 0 Å². The molecule has 0 atom stereocenters. The van der Waals surface area contributed by atoms with Gasteiger partial charge in [0, 0.05) is 62.1 Å². The van der Waals surface area contributed by atoms with Crippen LogP contribution in [-0.4, -0.2) is 77.8 Å². The molecule has 2 fully saturated rings. The minimum absolute atomic E-state index is 0.255. The summed E-state index contributed by atoms with van der Waals surface area (Å²) in [5.74, 6) is 0.255. The Kier molecular flexibility index (Phi) is 4.80. The van der Waals surface area contributed by atoms with Crippen molar-refractivity contribution in [2.45, 2.75) is 0 Å². The molecule has 0 spiro atoms. The van der Waals surface area contributed by atoms with E-state index < -0.39 is 0 Å². The third-order valence-electron chi connectivity index (χ3n) is 3.04. The first-order valence-corrected chi connectivity index (χ1v) is 6.71. The highest BCUT2D eigenvalue weighted by Crippen LogP contribution is 2.07. The lowest BCUT2D eigenvalue weighted by atomic mass is 10.3. The Morgan fingerprint density at radius 1 is 1.06 bits per heavy atom. The van der Waals surface area contributed by atoms with Crippen molar-refractivity contribution in [3.05, 3.63) is 0 Å². The molecule has 16 heavy (non-hydrogen) atoms. The van der Waals surface area contributed by atoms with Crippen LogP contribution in [0.25, 0.3) is 0 Å². The minimum Gasteiger partial charge on any atom is -0.378 e. The molecule has 1 amide bonds. The summed E-state index contributed by atoms with van der Waals surface area (Å²) >= 11 is 2.34. The molecule has 92 valence electrons. The van der Waals surface area contributed by atoms with Gasteiger partial charge in [-0.3, -0.25) is 9.69 Å². The molecule has 0 bridgehead atoms. The fourth-order valence-electron chi connectivity index (χ4n) is 1.99. The lowest BCUT2D eigenvalue weighted by molar-refractivity contribution is -0.136. The molecule has 2 rings (SSSR count). The first-order chi connectivity index (χ1) is 7.75. The summed E-state index contributed by atoms with van der Waals surface area (Å²) in [6, 6.07) is 0. The van der Waals surface area contributed by atoms with Crippen LogP contribution in [0.2, 0.25) is 0 Å². The van der Waals surface area contributed by atoms with Crippen molar-refractivity contribution in [1.82, 2.24) is 12.9 Å². The van der Waals surface area contributed by atoms with Crippen molar-refractivity contribution in [3.63, 3.8) is 0 Å². The molecule has 0 radical (unpaired) electrons. The number of amides is 1. The summed E-state index contributed by atoms with van der Waals surface area (Å²) in [6.07, 6.45) is 0. The lowest BCUT2D eigenvalue weighted by Crippen LogP contribution is -2.49. The van der Waals surface area contributed by atoms with Crippen LogP contribution < -0.4 is 0 Å². The first-order valence-electron chi connectivity index (χ1n) is 5.74. The minimum atomic E-state index is 0.255. The third kappa shape index (κ3) is 3.54. The van der Waals surface area contributed by atoms with Gasteiger partial charge < -0.3 is 9.64 Å². The van der Waals surface area contributed by atoms with Crippen molar-refractivity contribution in [2.75, 3.05) is 59.0 Å². The van der Waals surface area contributed by atoms with Gasteiger partial charge >= 0.3 is 0 Å². The van der Waals surface area contributed by atoms with E-state index in [1.165, 1.54) is 0 Å². The zero-order valence-corrected chi connectivity index (χ0v) is 11.6. The number of ether oxygens (including phenoxy) is 1. The number of piperazine rings is 1. The van der Waals surface area contributed by atoms with E-state index in [0.29, 0.717) is 19.8 Å². The highest BCUT2D eigenvalue weighted by molar-refractivity contribution is 14.1. The van der Waals surface area contributed by atoms with E-state index in [2.05, 4.69) is 30.9 Å². The summed E-state index contributed by atoms with van der Waals surface area (Å²) in [5.41, 5.74) is 0. The Balaban J connectivity index is 1.73. The number of rotatable bonds is 2. The average molecular weight is 339 g/mol. The van der Waals surface area contributed by atoms with E-state index in [9.17, 15) is 4.79 Å². The third-order valence-corrected chi connectivity index (χ3v) is 4.01. The van der Waals surface area contributed by atoms with E-state index in [1.807, 2.05) is 4.90 Å². The van der Waals surface area contributed by atoms with Crippen molar-refractivity contribution < 1.29 is 9.53 Å². The number of carbonyl (C=O) groups excluding carboxylic acids is 1. The van der Waals surface area contributed by atoms with E-state index >= 15 is 0 Å². The molecule has 0 aromatic carbocycles. The van der Waals surface area contributed by atoms with Gasteiger partial charge in [0.05, 0.1) is 19.8 Å². The summed E-state index contributed by atoms with van der Waals surface area (Å²) < 4.78 is 7.51. The largest absolute Gasteiger partial charge is 0.378 e. The predicted octanol–water partition coefficient (Wildman–Crippen LogP) is -0.187. The van der Waals surface area contributed by atoms with Crippen LogP contribution in [0.4, 0.5) is 0 Å². The monoisotopic (exact) mass is 339 g/mol. The predicted molar refractivity (Wildman–Crippen MR) is 69.4 cm³/mol. The van der Waals surface area contributed by atoms with Crippen LogP contribution in [0.5, 0.6) is 0 Å².